The molecule has 0 aromatic rings. The predicted molar refractivity (Wildman–Crippen MR) is 85.4 cm³/mol. The normalized spacial score (nSPS) is 13.9. The Labute approximate surface area is 119 Å². The van der Waals surface area contributed by atoms with E-state index in [0.29, 0.717) is 5.92 Å². The molecule has 0 saturated carbocycles. The second-order valence-electron chi connectivity index (χ2n) is 5.90. The number of hydrogen-bond acceptors (Lipinski definition) is 1. The topological polar surface area (TPSA) is 35.6 Å². The quantitative estimate of drug-likeness (QED) is 0.520. The molecule has 0 aromatic carbocycles. The molecule has 0 saturated heterocycles. The number of nitrogens with zero attached hydrogens (tertiary/aromatic N) is 2. The van der Waals surface area contributed by atoms with E-state index in [2.05, 4.69) is 31.9 Å². The molecular formula is C14H32N3OP. The summed E-state index contributed by atoms with van der Waals surface area (Å²) in [7, 11) is 4.86. The van der Waals surface area contributed by atoms with Crippen LogP contribution < -0.4 is 5.09 Å². The van der Waals surface area contributed by atoms with Crippen molar-refractivity contribution in [2.45, 2.75) is 40.0 Å². The maximum Gasteiger partial charge on any atom is 0.283 e. The molecule has 0 unspecified atom stereocenters. The Morgan fingerprint density at radius 2 is 1.68 bits per heavy atom. The van der Waals surface area contributed by atoms with Crippen LogP contribution in [0.3, 0.4) is 0 Å². The van der Waals surface area contributed by atoms with E-state index in [4.69, 9.17) is 0 Å². The molecular weight excluding hydrogens is 257 g/mol. The Kier molecular flexibility index (Phi) is 8.84. The fourth-order valence-corrected chi connectivity index (χ4v) is 3.60. The van der Waals surface area contributed by atoms with Crippen molar-refractivity contribution in [3.63, 3.8) is 0 Å². The minimum Gasteiger partial charge on any atom is -0.271 e. The van der Waals surface area contributed by atoms with Crippen molar-refractivity contribution in [3.8, 4) is 0 Å². The predicted octanol–water partition coefficient (Wildman–Crippen LogP) is 3.58. The van der Waals surface area contributed by atoms with Gasteiger partial charge in [0.1, 0.15) is 0 Å². The third-order valence-electron chi connectivity index (χ3n) is 3.25. The van der Waals surface area contributed by atoms with Crippen LogP contribution in [0.1, 0.15) is 40.0 Å². The maximum absolute atomic E-state index is 12.6. The van der Waals surface area contributed by atoms with Crippen LogP contribution in [0.5, 0.6) is 0 Å². The van der Waals surface area contributed by atoms with Crippen molar-refractivity contribution < 1.29 is 4.57 Å². The number of allylic oxidation sites excluding steroid dienone is 2. The zero-order valence-corrected chi connectivity index (χ0v) is 14.6. The number of rotatable bonds is 9. The van der Waals surface area contributed by atoms with Crippen LogP contribution >= 0.6 is 7.59 Å². The SMILES string of the molecule is CC(C)=CCC[C@H](C)CCNP(=O)(N(C)C)N(C)C. The summed E-state index contributed by atoms with van der Waals surface area (Å²) in [6, 6.07) is 0. The first kappa shape index (κ1) is 18.9. The molecule has 0 fully saturated rings. The highest BCUT2D eigenvalue weighted by molar-refractivity contribution is 7.56. The van der Waals surface area contributed by atoms with Gasteiger partial charge < -0.3 is 0 Å². The van der Waals surface area contributed by atoms with Crippen molar-refractivity contribution in [3.05, 3.63) is 11.6 Å². The van der Waals surface area contributed by atoms with Crippen LogP contribution in [0.25, 0.3) is 0 Å². The molecule has 0 spiro atoms. The first-order valence-corrected chi connectivity index (χ1v) is 8.65. The van der Waals surface area contributed by atoms with Gasteiger partial charge in [-0.05, 0) is 67.2 Å². The monoisotopic (exact) mass is 289 g/mol. The summed E-state index contributed by atoms with van der Waals surface area (Å²) in [6.07, 6.45) is 5.68. The average Bonchev–Trinajstić information content (AvgIpc) is 2.27. The largest absolute Gasteiger partial charge is 0.283 e. The number of hydrogen-bond donors (Lipinski definition) is 1. The minimum absolute atomic E-state index is 0.654. The molecule has 0 aliphatic heterocycles. The van der Waals surface area contributed by atoms with Crippen LogP contribution in [0.15, 0.2) is 11.6 Å². The van der Waals surface area contributed by atoms with E-state index in [1.807, 2.05) is 28.2 Å². The van der Waals surface area contributed by atoms with Gasteiger partial charge in [0.25, 0.3) is 7.59 Å². The molecule has 5 heteroatoms. The summed E-state index contributed by atoms with van der Waals surface area (Å²) in [4.78, 5) is 0. The first-order valence-electron chi connectivity index (χ1n) is 7.04. The summed E-state index contributed by atoms with van der Waals surface area (Å²) >= 11 is 0. The molecule has 0 bridgehead atoms. The van der Waals surface area contributed by atoms with Gasteiger partial charge >= 0.3 is 0 Å². The molecule has 19 heavy (non-hydrogen) atoms. The fourth-order valence-electron chi connectivity index (χ4n) is 1.90. The van der Waals surface area contributed by atoms with E-state index in [-0.39, 0.29) is 0 Å². The molecule has 0 aliphatic carbocycles. The molecule has 1 N–H and O–H groups in total. The lowest BCUT2D eigenvalue weighted by Crippen LogP contribution is -2.31. The lowest BCUT2D eigenvalue weighted by Gasteiger charge is -2.31. The van der Waals surface area contributed by atoms with Gasteiger partial charge in [-0.15, -0.1) is 0 Å². The van der Waals surface area contributed by atoms with Crippen LogP contribution in [0.4, 0.5) is 0 Å². The molecule has 0 aliphatic rings. The molecule has 0 rings (SSSR count). The van der Waals surface area contributed by atoms with Crippen molar-refractivity contribution in [1.82, 2.24) is 14.4 Å². The molecule has 0 heterocycles. The van der Waals surface area contributed by atoms with Crippen molar-refractivity contribution in [2.75, 3.05) is 34.7 Å². The Bertz CT molecular complexity index is 311. The minimum atomic E-state index is -2.56. The first-order chi connectivity index (χ1) is 8.70. The van der Waals surface area contributed by atoms with E-state index in [9.17, 15) is 4.57 Å². The second-order valence-corrected chi connectivity index (χ2v) is 8.90. The lowest BCUT2D eigenvalue weighted by molar-refractivity contribution is 0.422. The Morgan fingerprint density at radius 1 is 1.16 bits per heavy atom. The summed E-state index contributed by atoms with van der Waals surface area (Å²) < 4.78 is 16.2. The summed E-state index contributed by atoms with van der Waals surface area (Å²) in [5, 5.41) is 3.22. The van der Waals surface area contributed by atoms with Crippen LogP contribution in [0.2, 0.25) is 0 Å². The second kappa shape index (κ2) is 8.91. The van der Waals surface area contributed by atoms with Crippen LogP contribution in [-0.4, -0.2) is 44.1 Å². The Balaban J connectivity index is 4.07. The Morgan fingerprint density at radius 3 is 2.11 bits per heavy atom. The van der Waals surface area contributed by atoms with Gasteiger partial charge in [0.15, 0.2) is 0 Å². The lowest BCUT2D eigenvalue weighted by atomic mass is 10.0. The van der Waals surface area contributed by atoms with E-state index in [1.54, 1.807) is 9.34 Å². The molecule has 0 aromatic heterocycles. The van der Waals surface area contributed by atoms with Gasteiger partial charge in [-0.1, -0.05) is 18.6 Å². The molecule has 0 amide bonds. The van der Waals surface area contributed by atoms with Crippen molar-refractivity contribution >= 4 is 7.59 Å². The standard InChI is InChI=1S/C14H32N3OP/c1-13(2)9-8-10-14(3)11-12-15-19(18,16(4)5)17(6)7/h9,14H,8,10-12H2,1-7H3,(H,15,18)/t14-/m0/s1. The van der Waals surface area contributed by atoms with Gasteiger partial charge in [0.05, 0.1) is 0 Å². The third kappa shape index (κ3) is 7.26. The van der Waals surface area contributed by atoms with Crippen LogP contribution in [-0.2, 0) is 4.57 Å². The van der Waals surface area contributed by atoms with E-state index in [1.165, 1.54) is 12.0 Å². The van der Waals surface area contributed by atoms with E-state index >= 15 is 0 Å². The van der Waals surface area contributed by atoms with Crippen molar-refractivity contribution in [1.29, 1.82) is 0 Å². The number of nitrogens with one attached hydrogen (secondary N) is 1. The molecule has 0 radical (unpaired) electrons. The van der Waals surface area contributed by atoms with Gasteiger partial charge in [-0.25, -0.2) is 14.4 Å². The summed E-state index contributed by atoms with van der Waals surface area (Å²) in [5.74, 6) is 0.654. The van der Waals surface area contributed by atoms with E-state index < -0.39 is 7.59 Å². The van der Waals surface area contributed by atoms with E-state index in [0.717, 1.165) is 19.4 Å². The zero-order valence-electron chi connectivity index (χ0n) is 13.7. The van der Waals surface area contributed by atoms with Gasteiger partial charge in [0, 0.05) is 6.54 Å². The van der Waals surface area contributed by atoms with Gasteiger partial charge in [-0.2, -0.15) is 0 Å². The van der Waals surface area contributed by atoms with Crippen LogP contribution in [0, 0.1) is 5.92 Å². The average molecular weight is 289 g/mol. The molecule has 4 nitrogen and oxygen atoms in total. The Hall–Kier alpha value is -0.150. The fraction of sp³-hybridized carbons (Fsp3) is 0.857. The highest BCUT2D eigenvalue weighted by Crippen LogP contribution is 2.44. The summed E-state index contributed by atoms with van der Waals surface area (Å²) in [6.45, 7) is 7.33. The molecule has 1 atom stereocenters. The smallest absolute Gasteiger partial charge is 0.271 e. The maximum atomic E-state index is 12.6. The molecule has 114 valence electrons. The van der Waals surface area contributed by atoms with Gasteiger partial charge in [-0.3, -0.25) is 4.57 Å². The summed E-state index contributed by atoms with van der Waals surface area (Å²) in [5.41, 5.74) is 1.38. The highest BCUT2D eigenvalue weighted by atomic mass is 31.2. The van der Waals surface area contributed by atoms with Crippen molar-refractivity contribution in [2.24, 2.45) is 5.92 Å². The van der Waals surface area contributed by atoms with Gasteiger partial charge in [0.2, 0.25) is 0 Å². The third-order valence-corrected chi connectivity index (χ3v) is 6.06. The zero-order chi connectivity index (χ0) is 15.1. The highest BCUT2D eigenvalue weighted by Gasteiger charge is 2.26.